The summed E-state index contributed by atoms with van der Waals surface area (Å²) in [6.45, 7) is 3.45. The van der Waals surface area contributed by atoms with Gasteiger partial charge in [0.1, 0.15) is 0 Å². The van der Waals surface area contributed by atoms with Crippen molar-refractivity contribution in [1.82, 2.24) is 0 Å². The van der Waals surface area contributed by atoms with Crippen LogP contribution in [-0.2, 0) is 9.47 Å². The van der Waals surface area contributed by atoms with Crippen molar-refractivity contribution in [3.8, 4) is 6.07 Å². The second kappa shape index (κ2) is 5.67. The van der Waals surface area contributed by atoms with Crippen LogP contribution in [0.2, 0.25) is 0 Å². The molecule has 21 heavy (non-hydrogen) atoms. The van der Waals surface area contributed by atoms with Gasteiger partial charge in [0.05, 0.1) is 24.8 Å². The summed E-state index contributed by atoms with van der Waals surface area (Å²) in [7, 11) is 2.14. The van der Waals surface area contributed by atoms with E-state index in [-0.39, 0.29) is 5.79 Å². The van der Waals surface area contributed by atoms with Crippen molar-refractivity contribution in [3.05, 3.63) is 29.3 Å². The minimum atomic E-state index is -0.294. The number of hydrogen-bond acceptors (Lipinski definition) is 4. The van der Waals surface area contributed by atoms with Crippen LogP contribution in [-0.4, -0.2) is 32.1 Å². The Morgan fingerprint density at radius 3 is 2.48 bits per heavy atom. The van der Waals surface area contributed by atoms with Crippen LogP contribution in [0.15, 0.2) is 18.2 Å². The van der Waals surface area contributed by atoms with Crippen molar-refractivity contribution < 1.29 is 9.47 Å². The molecule has 0 aromatic heterocycles. The van der Waals surface area contributed by atoms with Crippen LogP contribution in [0.25, 0.3) is 0 Å². The molecule has 1 heterocycles. The highest BCUT2D eigenvalue weighted by Crippen LogP contribution is 2.38. The highest BCUT2D eigenvalue weighted by atomic mass is 16.7. The van der Waals surface area contributed by atoms with Crippen LogP contribution in [0.5, 0.6) is 0 Å². The molecule has 4 heteroatoms. The molecule has 3 rings (SSSR count). The van der Waals surface area contributed by atoms with E-state index in [9.17, 15) is 0 Å². The lowest BCUT2D eigenvalue weighted by Crippen LogP contribution is -2.42. The zero-order valence-electron chi connectivity index (χ0n) is 12.8. The highest BCUT2D eigenvalue weighted by Gasteiger charge is 2.41. The number of nitrogens with zero attached hydrogens (tertiary/aromatic N) is 2. The molecule has 0 bridgehead atoms. The van der Waals surface area contributed by atoms with Gasteiger partial charge in [-0.25, -0.2) is 0 Å². The number of hydrogen-bond donors (Lipinski definition) is 0. The van der Waals surface area contributed by atoms with Gasteiger partial charge in [-0.05, 0) is 43.5 Å². The van der Waals surface area contributed by atoms with Crippen molar-refractivity contribution in [3.63, 3.8) is 0 Å². The van der Waals surface area contributed by atoms with Crippen LogP contribution >= 0.6 is 0 Å². The maximum Gasteiger partial charge on any atom is 0.168 e. The molecule has 2 aliphatic rings. The van der Waals surface area contributed by atoms with Gasteiger partial charge in [0.2, 0.25) is 0 Å². The van der Waals surface area contributed by atoms with E-state index in [1.165, 1.54) is 5.69 Å². The topological polar surface area (TPSA) is 45.5 Å². The largest absolute Gasteiger partial charge is 0.372 e. The van der Waals surface area contributed by atoms with Crippen molar-refractivity contribution in [2.24, 2.45) is 0 Å². The average molecular weight is 286 g/mol. The van der Waals surface area contributed by atoms with Crippen molar-refractivity contribution in [2.75, 3.05) is 25.2 Å². The standard InChI is InChI=1S/C17H22N2O2/c1-13-11-16(4-3-14(13)12-18)19(2)15-5-7-17(8-6-15)20-9-10-21-17/h3-4,11,15H,5-10H2,1-2H3. The van der Waals surface area contributed by atoms with Gasteiger partial charge < -0.3 is 14.4 Å². The zero-order valence-corrected chi connectivity index (χ0v) is 12.8. The Balaban J connectivity index is 1.67. The van der Waals surface area contributed by atoms with Crippen molar-refractivity contribution >= 4 is 5.69 Å². The number of ether oxygens (including phenoxy) is 2. The third kappa shape index (κ3) is 2.76. The van der Waals surface area contributed by atoms with E-state index in [1.54, 1.807) is 0 Å². The van der Waals surface area contributed by atoms with Gasteiger partial charge in [-0.1, -0.05) is 0 Å². The molecule has 0 unspecified atom stereocenters. The Bertz CT molecular complexity index is 548. The average Bonchev–Trinajstić information content (AvgIpc) is 2.95. The van der Waals surface area contributed by atoms with E-state index in [4.69, 9.17) is 14.7 Å². The second-order valence-electron chi connectivity index (χ2n) is 6.06. The predicted octanol–water partition coefficient (Wildman–Crippen LogP) is 2.99. The molecule has 1 aromatic carbocycles. The van der Waals surface area contributed by atoms with E-state index in [0.717, 1.165) is 50.0 Å². The molecule has 1 aromatic rings. The quantitative estimate of drug-likeness (QED) is 0.838. The zero-order chi connectivity index (χ0) is 14.9. The lowest BCUT2D eigenvalue weighted by atomic mass is 9.89. The summed E-state index contributed by atoms with van der Waals surface area (Å²) in [5, 5.41) is 9.02. The maximum absolute atomic E-state index is 9.02. The molecule has 1 aliphatic carbocycles. The Labute approximate surface area is 126 Å². The Hall–Kier alpha value is -1.57. The summed E-state index contributed by atoms with van der Waals surface area (Å²) in [4.78, 5) is 2.33. The summed E-state index contributed by atoms with van der Waals surface area (Å²) in [6.07, 6.45) is 4.10. The first-order valence-electron chi connectivity index (χ1n) is 7.65. The van der Waals surface area contributed by atoms with Gasteiger partial charge in [0.25, 0.3) is 0 Å². The fourth-order valence-corrected chi connectivity index (χ4v) is 3.42. The molecule has 0 N–H and O–H groups in total. The first-order valence-corrected chi connectivity index (χ1v) is 7.65. The molecule has 1 spiro atoms. The normalized spacial score (nSPS) is 21.4. The summed E-state index contributed by atoms with van der Waals surface area (Å²) < 4.78 is 11.6. The lowest BCUT2D eigenvalue weighted by Gasteiger charge is -2.40. The van der Waals surface area contributed by atoms with Crippen LogP contribution in [0.1, 0.15) is 36.8 Å². The smallest absolute Gasteiger partial charge is 0.168 e. The molecular weight excluding hydrogens is 264 g/mol. The van der Waals surface area contributed by atoms with E-state index in [0.29, 0.717) is 6.04 Å². The summed E-state index contributed by atoms with van der Waals surface area (Å²) in [5.74, 6) is -0.294. The third-order valence-corrected chi connectivity index (χ3v) is 4.82. The molecule has 2 fully saturated rings. The molecule has 4 nitrogen and oxygen atoms in total. The molecular formula is C17H22N2O2. The fraction of sp³-hybridized carbons (Fsp3) is 0.588. The summed E-state index contributed by atoms with van der Waals surface area (Å²) in [5.41, 5.74) is 2.97. The van der Waals surface area contributed by atoms with Crippen molar-refractivity contribution in [2.45, 2.75) is 44.4 Å². The van der Waals surface area contributed by atoms with E-state index >= 15 is 0 Å². The van der Waals surface area contributed by atoms with Gasteiger partial charge >= 0.3 is 0 Å². The number of benzene rings is 1. The molecule has 0 amide bonds. The molecule has 1 aliphatic heterocycles. The first-order chi connectivity index (χ1) is 10.1. The Kier molecular flexibility index (Phi) is 3.88. The van der Waals surface area contributed by atoms with Crippen LogP contribution < -0.4 is 4.90 Å². The number of anilines is 1. The van der Waals surface area contributed by atoms with Crippen LogP contribution in [0.3, 0.4) is 0 Å². The fourth-order valence-electron chi connectivity index (χ4n) is 3.42. The maximum atomic E-state index is 9.02. The van der Waals surface area contributed by atoms with Gasteiger partial charge in [0, 0.05) is 31.6 Å². The highest BCUT2D eigenvalue weighted by molar-refractivity contribution is 5.53. The number of rotatable bonds is 2. The van der Waals surface area contributed by atoms with Gasteiger partial charge in [-0.3, -0.25) is 0 Å². The number of nitriles is 1. The Morgan fingerprint density at radius 2 is 1.90 bits per heavy atom. The van der Waals surface area contributed by atoms with E-state index in [2.05, 4.69) is 24.1 Å². The van der Waals surface area contributed by atoms with Gasteiger partial charge in [-0.2, -0.15) is 5.26 Å². The van der Waals surface area contributed by atoms with Crippen molar-refractivity contribution in [1.29, 1.82) is 5.26 Å². The molecule has 0 radical (unpaired) electrons. The second-order valence-corrected chi connectivity index (χ2v) is 6.06. The molecule has 1 saturated carbocycles. The number of aryl methyl sites for hydroxylation is 1. The lowest BCUT2D eigenvalue weighted by molar-refractivity contribution is -0.178. The molecule has 0 atom stereocenters. The summed E-state index contributed by atoms with van der Waals surface area (Å²) >= 11 is 0. The van der Waals surface area contributed by atoms with Crippen LogP contribution in [0.4, 0.5) is 5.69 Å². The SMILES string of the molecule is Cc1cc(N(C)C2CCC3(CC2)OCCO3)ccc1C#N. The predicted molar refractivity (Wildman–Crippen MR) is 81.2 cm³/mol. The monoisotopic (exact) mass is 286 g/mol. The molecule has 112 valence electrons. The van der Waals surface area contributed by atoms with E-state index < -0.39 is 0 Å². The van der Waals surface area contributed by atoms with Gasteiger partial charge in [0.15, 0.2) is 5.79 Å². The first kappa shape index (κ1) is 14.4. The minimum absolute atomic E-state index is 0.294. The minimum Gasteiger partial charge on any atom is -0.372 e. The van der Waals surface area contributed by atoms with Crippen LogP contribution in [0, 0.1) is 18.3 Å². The Morgan fingerprint density at radius 1 is 1.24 bits per heavy atom. The van der Waals surface area contributed by atoms with E-state index in [1.807, 2.05) is 19.1 Å². The third-order valence-electron chi connectivity index (χ3n) is 4.82. The summed E-state index contributed by atoms with van der Waals surface area (Å²) in [6, 6.07) is 8.79. The van der Waals surface area contributed by atoms with Gasteiger partial charge in [-0.15, -0.1) is 0 Å². The molecule has 1 saturated heterocycles.